The first-order chi connectivity index (χ1) is 11.4. The summed E-state index contributed by atoms with van der Waals surface area (Å²) in [7, 11) is 0. The number of aromatic nitrogens is 1. The van der Waals surface area contributed by atoms with Crippen LogP contribution < -0.4 is 10.7 Å². The van der Waals surface area contributed by atoms with Gasteiger partial charge in [-0.05, 0) is 36.4 Å². The summed E-state index contributed by atoms with van der Waals surface area (Å²) in [6.07, 6.45) is 3.11. The van der Waals surface area contributed by atoms with Gasteiger partial charge in [-0.15, -0.1) is 0 Å². The lowest BCUT2D eigenvalue weighted by Crippen LogP contribution is -2.27. The van der Waals surface area contributed by atoms with Crippen LogP contribution in [0.4, 0.5) is 5.69 Å². The average molecular weight is 324 g/mol. The Morgan fingerprint density at radius 1 is 1.08 bits per heavy atom. The van der Waals surface area contributed by atoms with Crippen LogP contribution >= 0.6 is 0 Å². The molecule has 124 valence electrons. The van der Waals surface area contributed by atoms with Crippen molar-refractivity contribution in [1.82, 2.24) is 10.4 Å². The fourth-order valence-electron chi connectivity index (χ4n) is 1.70. The zero-order valence-electron chi connectivity index (χ0n) is 13.9. The number of benzene rings is 1. The Kier molecular flexibility index (Phi) is 5.42. The molecule has 2 rings (SSSR count). The fourth-order valence-corrected chi connectivity index (χ4v) is 1.70. The van der Waals surface area contributed by atoms with Gasteiger partial charge >= 0.3 is 0 Å². The monoisotopic (exact) mass is 324 g/mol. The molecule has 1 aromatic heterocycles. The number of anilines is 1. The number of rotatable bonds is 4. The van der Waals surface area contributed by atoms with E-state index in [1.54, 1.807) is 42.6 Å². The van der Waals surface area contributed by atoms with Crippen LogP contribution in [0.1, 0.15) is 36.8 Å². The lowest BCUT2D eigenvalue weighted by Gasteiger charge is -2.17. The van der Waals surface area contributed by atoms with Crippen molar-refractivity contribution in [2.75, 3.05) is 5.32 Å². The van der Waals surface area contributed by atoms with Crippen LogP contribution in [-0.2, 0) is 4.79 Å². The van der Waals surface area contributed by atoms with Crippen LogP contribution in [0.3, 0.4) is 0 Å². The number of carbonyl (C=O) groups excluding carboxylic acids is 2. The van der Waals surface area contributed by atoms with Crippen LogP contribution in [-0.4, -0.2) is 23.0 Å². The molecule has 0 aliphatic rings. The van der Waals surface area contributed by atoms with Crippen molar-refractivity contribution < 1.29 is 9.59 Å². The normalized spacial score (nSPS) is 11.3. The molecule has 0 radical (unpaired) electrons. The van der Waals surface area contributed by atoms with Gasteiger partial charge in [-0.1, -0.05) is 26.8 Å². The molecule has 2 amide bonds. The molecular weight excluding hydrogens is 304 g/mol. The van der Waals surface area contributed by atoms with Crippen molar-refractivity contribution in [3.8, 4) is 0 Å². The second-order valence-corrected chi connectivity index (χ2v) is 6.24. The first-order valence-electron chi connectivity index (χ1n) is 7.52. The van der Waals surface area contributed by atoms with Gasteiger partial charge < -0.3 is 5.32 Å². The molecule has 0 saturated carbocycles. The molecule has 0 atom stereocenters. The summed E-state index contributed by atoms with van der Waals surface area (Å²) < 4.78 is 0. The molecule has 6 heteroatoms. The first kappa shape index (κ1) is 17.3. The van der Waals surface area contributed by atoms with E-state index < -0.39 is 5.41 Å². The third-order valence-electron chi connectivity index (χ3n) is 3.14. The molecule has 24 heavy (non-hydrogen) atoms. The van der Waals surface area contributed by atoms with E-state index in [9.17, 15) is 9.59 Å². The summed E-state index contributed by atoms with van der Waals surface area (Å²) in [5, 5.41) is 6.67. The van der Waals surface area contributed by atoms with Crippen molar-refractivity contribution in [3.05, 3.63) is 59.9 Å². The molecule has 0 saturated heterocycles. The van der Waals surface area contributed by atoms with E-state index in [-0.39, 0.29) is 11.8 Å². The zero-order valence-corrected chi connectivity index (χ0v) is 13.9. The van der Waals surface area contributed by atoms with E-state index in [0.29, 0.717) is 16.9 Å². The second kappa shape index (κ2) is 7.50. The average Bonchev–Trinajstić information content (AvgIpc) is 2.55. The lowest BCUT2D eigenvalue weighted by molar-refractivity contribution is -0.123. The Labute approximate surface area is 141 Å². The number of pyridine rings is 1. The van der Waals surface area contributed by atoms with E-state index in [2.05, 4.69) is 20.8 Å². The van der Waals surface area contributed by atoms with Gasteiger partial charge in [0.1, 0.15) is 0 Å². The first-order valence-corrected chi connectivity index (χ1v) is 7.52. The van der Waals surface area contributed by atoms with Gasteiger partial charge in [0.2, 0.25) is 5.91 Å². The largest absolute Gasteiger partial charge is 0.326 e. The zero-order chi connectivity index (χ0) is 17.6. The highest BCUT2D eigenvalue weighted by Crippen LogP contribution is 2.17. The van der Waals surface area contributed by atoms with E-state index in [1.807, 2.05) is 26.8 Å². The Morgan fingerprint density at radius 2 is 1.79 bits per heavy atom. The third kappa shape index (κ3) is 5.01. The number of nitrogens with zero attached hydrogens (tertiary/aromatic N) is 2. The molecular formula is C18H20N4O2. The van der Waals surface area contributed by atoms with Crippen molar-refractivity contribution >= 4 is 23.7 Å². The van der Waals surface area contributed by atoms with Crippen molar-refractivity contribution in [2.45, 2.75) is 20.8 Å². The van der Waals surface area contributed by atoms with Gasteiger partial charge in [0.05, 0.1) is 11.9 Å². The Bertz CT molecular complexity index is 732. The van der Waals surface area contributed by atoms with E-state index in [0.717, 1.165) is 0 Å². The SMILES string of the molecule is CC(C)(C)C(=O)Nc1ccc(C(=O)N/N=C\c2ccccn2)cc1. The summed E-state index contributed by atoms with van der Waals surface area (Å²) in [6.45, 7) is 5.51. The van der Waals surface area contributed by atoms with Gasteiger partial charge in [-0.2, -0.15) is 5.10 Å². The number of carbonyl (C=O) groups is 2. The van der Waals surface area contributed by atoms with E-state index in [1.165, 1.54) is 6.21 Å². The third-order valence-corrected chi connectivity index (χ3v) is 3.14. The van der Waals surface area contributed by atoms with Crippen LogP contribution in [0.15, 0.2) is 53.8 Å². The minimum Gasteiger partial charge on any atom is -0.326 e. The van der Waals surface area contributed by atoms with E-state index in [4.69, 9.17) is 0 Å². The van der Waals surface area contributed by atoms with Crippen LogP contribution in [0, 0.1) is 5.41 Å². The molecule has 0 unspecified atom stereocenters. The van der Waals surface area contributed by atoms with Crippen molar-refractivity contribution in [1.29, 1.82) is 0 Å². The summed E-state index contributed by atoms with van der Waals surface area (Å²) in [4.78, 5) is 28.0. The van der Waals surface area contributed by atoms with Crippen LogP contribution in [0.25, 0.3) is 0 Å². The smallest absolute Gasteiger partial charge is 0.271 e. The molecule has 1 heterocycles. The van der Waals surface area contributed by atoms with Crippen LogP contribution in [0.2, 0.25) is 0 Å². The van der Waals surface area contributed by atoms with Gasteiger partial charge in [0, 0.05) is 22.9 Å². The number of hydrazone groups is 1. The molecule has 0 aliphatic heterocycles. The standard InChI is InChI=1S/C18H20N4O2/c1-18(2,3)17(24)21-14-9-7-13(8-10-14)16(23)22-20-12-15-6-4-5-11-19-15/h4-12H,1-3H3,(H,21,24)(H,22,23)/b20-12-. The summed E-state index contributed by atoms with van der Waals surface area (Å²) in [5.41, 5.74) is 3.70. The maximum atomic E-state index is 12.0. The quantitative estimate of drug-likeness (QED) is 0.670. The van der Waals surface area contributed by atoms with Crippen LogP contribution in [0.5, 0.6) is 0 Å². The van der Waals surface area contributed by atoms with Crippen molar-refractivity contribution in [2.24, 2.45) is 10.5 Å². The van der Waals surface area contributed by atoms with Gasteiger partial charge in [0.25, 0.3) is 5.91 Å². The maximum Gasteiger partial charge on any atom is 0.271 e. The lowest BCUT2D eigenvalue weighted by atomic mass is 9.95. The molecule has 0 fully saturated rings. The molecule has 0 spiro atoms. The molecule has 1 aromatic carbocycles. The minimum atomic E-state index is -0.476. The molecule has 0 aliphatic carbocycles. The maximum absolute atomic E-state index is 12.0. The summed E-state index contributed by atoms with van der Waals surface area (Å²) in [6, 6.07) is 12.0. The Morgan fingerprint density at radius 3 is 2.38 bits per heavy atom. The predicted molar refractivity (Wildman–Crippen MR) is 93.8 cm³/mol. The minimum absolute atomic E-state index is 0.0836. The molecule has 2 aromatic rings. The Hall–Kier alpha value is -3.02. The highest BCUT2D eigenvalue weighted by molar-refractivity contribution is 5.97. The number of hydrogen-bond donors (Lipinski definition) is 2. The molecule has 0 bridgehead atoms. The van der Waals surface area contributed by atoms with Gasteiger partial charge in [-0.3, -0.25) is 14.6 Å². The Balaban J connectivity index is 1.94. The van der Waals surface area contributed by atoms with Gasteiger partial charge in [-0.25, -0.2) is 5.43 Å². The summed E-state index contributed by atoms with van der Waals surface area (Å²) >= 11 is 0. The highest BCUT2D eigenvalue weighted by Gasteiger charge is 2.21. The van der Waals surface area contributed by atoms with Crippen molar-refractivity contribution in [3.63, 3.8) is 0 Å². The molecule has 2 N–H and O–H groups in total. The fraction of sp³-hybridized carbons (Fsp3) is 0.222. The highest BCUT2D eigenvalue weighted by atomic mass is 16.2. The topological polar surface area (TPSA) is 83.5 Å². The van der Waals surface area contributed by atoms with E-state index >= 15 is 0 Å². The predicted octanol–water partition coefficient (Wildman–Crippen LogP) is 2.83. The van der Waals surface area contributed by atoms with Gasteiger partial charge in [0.15, 0.2) is 0 Å². The number of nitrogens with one attached hydrogen (secondary N) is 2. The molecule has 6 nitrogen and oxygen atoms in total. The number of hydrogen-bond acceptors (Lipinski definition) is 4. The second-order valence-electron chi connectivity index (χ2n) is 6.24. The number of amides is 2. The summed E-state index contributed by atoms with van der Waals surface area (Å²) in [5.74, 6) is -0.421.